The molecule has 208 valence electrons. The SMILES string of the molecule is O=C1c2ccc3c4ccc5c6c(ccc(c7ccc(c2c37)C(=O)N1c1cccc(Cl)c1)c64)C(=O)N(c1cccc(Cl)c1)C5=O. The molecule has 44 heavy (non-hydrogen) atoms. The zero-order valence-corrected chi connectivity index (χ0v) is 24.0. The summed E-state index contributed by atoms with van der Waals surface area (Å²) in [7, 11) is 0. The molecule has 7 aromatic carbocycles. The van der Waals surface area contributed by atoms with Crippen LogP contribution in [0.4, 0.5) is 11.4 Å². The number of benzene rings is 7. The van der Waals surface area contributed by atoms with Crippen LogP contribution in [0, 0.1) is 0 Å². The molecular weight excluding hydrogens is 595 g/mol. The van der Waals surface area contributed by atoms with E-state index in [9.17, 15) is 19.2 Å². The molecule has 0 atom stereocenters. The lowest BCUT2D eigenvalue weighted by Gasteiger charge is -2.30. The van der Waals surface area contributed by atoms with Crippen molar-refractivity contribution >= 4 is 101 Å². The highest BCUT2D eigenvalue weighted by Gasteiger charge is 2.38. The highest BCUT2D eigenvalue weighted by Crippen LogP contribution is 2.47. The van der Waals surface area contributed by atoms with Crippen LogP contribution < -0.4 is 9.80 Å². The third kappa shape index (κ3) is 3.11. The average molecular weight is 611 g/mol. The van der Waals surface area contributed by atoms with E-state index in [-0.39, 0.29) is 0 Å². The van der Waals surface area contributed by atoms with E-state index in [1.165, 1.54) is 0 Å². The zero-order valence-electron chi connectivity index (χ0n) is 22.5. The van der Waals surface area contributed by atoms with Crippen LogP contribution in [0.3, 0.4) is 0 Å². The van der Waals surface area contributed by atoms with Crippen LogP contribution in [0.15, 0.2) is 97.1 Å². The molecule has 7 aromatic rings. The number of rotatable bonds is 2. The van der Waals surface area contributed by atoms with Crippen LogP contribution >= 0.6 is 23.2 Å². The Balaban J connectivity index is 1.32. The highest BCUT2D eigenvalue weighted by molar-refractivity contribution is 6.45. The summed E-state index contributed by atoms with van der Waals surface area (Å²) < 4.78 is 0. The topological polar surface area (TPSA) is 74.8 Å². The van der Waals surface area contributed by atoms with Crippen LogP contribution in [-0.2, 0) is 0 Å². The quantitative estimate of drug-likeness (QED) is 0.111. The molecule has 0 saturated heterocycles. The van der Waals surface area contributed by atoms with Gasteiger partial charge in [-0.25, -0.2) is 9.80 Å². The molecule has 6 nitrogen and oxygen atoms in total. The lowest BCUT2D eigenvalue weighted by molar-refractivity contribution is 0.0877. The van der Waals surface area contributed by atoms with Gasteiger partial charge in [0.2, 0.25) is 0 Å². The van der Waals surface area contributed by atoms with Crippen LogP contribution in [0.2, 0.25) is 10.0 Å². The molecule has 0 bridgehead atoms. The molecule has 0 aromatic heterocycles. The van der Waals surface area contributed by atoms with E-state index in [1.54, 1.807) is 72.8 Å². The first-order chi connectivity index (χ1) is 21.3. The van der Waals surface area contributed by atoms with E-state index >= 15 is 0 Å². The molecule has 0 N–H and O–H groups in total. The molecule has 9 rings (SSSR count). The number of nitrogens with zero attached hydrogens (tertiary/aromatic N) is 2. The summed E-state index contributed by atoms with van der Waals surface area (Å²) in [6.45, 7) is 0. The van der Waals surface area contributed by atoms with Gasteiger partial charge in [-0.1, -0.05) is 59.6 Å². The van der Waals surface area contributed by atoms with Crippen molar-refractivity contribution in [2.75, 3.05) is 9.80 Å². The number of carbonyl (C=O) groups excluding carboxylic acids is 4. The molecule has 0 unspecified atom stereocenters. The standard InChI is InChI=1S/C36H16Cl2N2O4/c37-17-3-1-5-19(15-17)39-33(41)25-11-7-21-23-9-13-27-32-28(36(44)40(35(27)43)20-6-2-4-18(38)16-20)14-10-24(30(23)32)22-8-12-26(34(39)42)31(25)29(21)22/h1-16H. The number of hydrogen-bond acceptors (Lipinski definition) is 4. The molecule has 0 fully saturated rings. The van der Waals surface area contributed by atoms with Crippen molar-refractivity contribution in [2.24, 2.45) is 0 Å². The maximum absolute atomic E-state index is 13.8. The van der Waals surface area contributed by atoms with Crippen molar-refractivity contribution in [3.05, 3.63) is 129 Å². The van der Waals surface area contributed by atoms with E-state index in [1.807, 2.05) is 24.3 Å². The van der Waals surface area contributed by atoms with Gasteiger partial charge in [0.25, 0.3) is 23.6 Å². The van der Waals surface area contributed by atoms with Crippen LogP contribution in [0.25, 0.3) is 43.1 Å². The van der Waals surface area contributed by atoms with Gasteiger partial charge in [-0.3, -0.25) is 19.2 Å². The minimum atomic E-state index is -0.429. The molecule has 0 aliphatic carbocycles. The Hall–Kier alpha value is -5.30. The lowest BCUT2D eigenvalue weighted by Crippen LogP contribution is -2.40. The molecule has 4 amide bonds. The fourth-order valence-electron chi connectivity index (χ4n) is 6.97. The predicted octanol–water partition coefficient (Wildman–Crippen LogP) is 8.65. The monoisotopic (exact) mass is 610 g/mol. The summed E-state index contributed by atoms with van der Waals surface area (Å²) in [5.74, 6) is -1.72. The maximum Gasteiger partial charge on any atom is 0.265 e. The second-order valence-corrected chi connectivity index (χ2v) is 11.9. The predicted molar refractivity (Wildman–Crippen MR) is 173 cm³/mol. The normalized spacial score (nSPS) is 14.7. The van der Waals surface area contributed by atoms with Gasteiger partial charge in [0.15, 0.2) is 0 Å². The first-order valence-electron chi connectivity index (χ1n) is 13.8. The number of halogens is 2. The van der Waals surface area contributed by atoms with Gasteiger partial charge in [0, 0.05) is 43.1 Å². The van der Waals surface area contributed by atoms with Gasteiger partial charge in [-0.2, -0.15) is 0 Å². The van der Waals surface area contributed by atoms with Crippen molar-refractivity contribution < 1.29 is 19.2 Å². The van der Waals surface area contributed by atoms with Crippen LogP contribution in [0.5, 0.6) is 0 Å². The second-order valence-electron chi connectivity index (χ2n) is 11.0. The van der Waals surface area contributed by atoms with Crippen molar-refractivity contribution in [2.45, 2.75) is 0 Å². The average Bonchev–Trinajstić information content (AvgIpc) is 3.02. The molecule has 0 spiro atoms. The summed E-state index contributed by atoms with van der Waals surface area (Å²) in [6, 6.07) is 27.8. The Kier molecular flexibility index (Phi) is 4.95. The molecular formula is C36H16Cl2N2O4. The highest BCUT2D eigenvalue weighted by atomic mass is 35.5. The van der Waals surface area contributed by atoms with Crippen LogP contribution in [-0.4, -0.2) is 23.6 Å². The summed E-state index contributed by atoms with van der Waals surface area (Å²) in [6.07, 6.45) is 0. The van der Waals surface area contributed by atoms with E-state index in [2.05, 4.69) is 0 Å². The van der Waals surface area contributed by atoms with Crippen molar-refractivity contribution in [1.82, 2.24) is 0 Å². The molecule has 8 heteroatoms. The molecule has 2 aliphatic rings. The first-order valence-corrected chi connectivity index (χ1v) is 14.6. The Bertz CT molecular complexity index is 2230. The molecule has 0 radical (unpaired) electrons. The number of imide groups is 2. The fourth-order valence-corrected chi connectivity index (χ4v) is 7.34. The number of amides is 4. The number of hydrogen-bond donors (Lipinski definition) is 0. The summed E-state index contributed by atoms with van der Waals surface area (Å²) >= 11 is 12.4. The van der Waals surface area contributed by atoms with Crippen molar-refractivity contribution in [3.63, 3.8) is 0 Å². The van der Waals surface area contributed by atoms with E-state index in [4.69, 9.17) is 23.2 Å². The van der Waals surface area contributed by atoms with Gasteiger partial charge in [-0.05, 0) is 93.0 Å². The smallest absolute Gasteiger partial charge is 0.265 e. The Morgan fingerprint density at radius 1 is 0.386 bits per heavy atom. The van der Waals surface area contributed by atoms with Gasteiger partial charge >= 0.3 is 0 Å². The minimum absolute atomic E-state index is 0.400. The summed E-state index contributed by atoms with van der Waals surface area (Å²) in [5.41, 5.74) is 2.46. The summed E-state index contributed by atoms with van der Waals surface area (Å²) in [4.78, 5) is 57.7. The number of fused-ring (bicyclic) bond motifs is 2. The zero-order chi connectivity index (χ0) is 30.0. The van der Waals surface area contributed by atoms with Crippen LogP contribution in [0.1, 0.15) is 41.4 Å². The number of anilines is 2. The second kappa shape index (κ2) is 8.63. The Labute approximate surface area is 258 Å². The lowest BCUT2D eigenvalue weighted by atomic mass is 9.82. The minimum Gasteiger partial charge on any atom is -0.268 e. The van der Waals surface area contributed by atoms with Gasteiger partial charge in [0.05, 0.1) is 11.4 Å². The fraction of sp³-hybridized carbons (Fsp3) is 0. The van der Waals surface area contributed by atoms with E-state index in [0.29, 0.717) is 54.4 Å². The Morgan fingerprint density at radius 3 is 1.00 bits per heavy atom. The Morgan fingerprint density at radius 2 is 0.705 bits per heavy atom. The summed E-state index contributed by atoms with van der Waals surface area (Å²) in [5, 5.41) is 6.90. The third-order valence-electron chi connectivity index (χ3n) is 8.77. The van der Waals surface area contributed by atoms with Crippen molar-refractivity contribution in [1.29, 1.82) is 0 Å². The third-order valence-corrected chi connectivity index (χ3v) is 9.24. The van der Waals surface area contributed by atoms with Gasteiger partial charge in [-0.15, -0.1) is 0 Å². The van der Waals surface area contributed by atoms with Crippen molar-refractivity contribution in [3.8, 4) is 0 Å². The maximum atomic E-state index is 13.8. The number of carbonyl (C=O) groups is 4. The van der Waals surface area contributed by atoms with E-state index in [0.717, 1.165) is 42.1 Å². The van der Waals surface area contributed by atoms with Gasteiger partial charge in [0.1, 0.15) is 0 Å². The molecule has 2 aliphatic heterocycles. The van der Waals surface area contributed by atoms with E-state index < -0.39 is 23.6 Å². The first kappa shape index (κ1) is 25.2. The van der Waals surface area contributed by atoms with Gasteiger partial charge < -0.3 is 0 Å². The largest absolute Gasteiger partial charge is 0.268 e. The molecule has 0 saturated carbocycles. The molecule has 2 heterocycles.